The number of amides is 1. The number of aromatic amines is 1. The minimum absolute atomic E-state index is 0.0219. The number of aliphatic imine (C=N–C) groups is 1. The van der Waals surface area contributed by atoms with E-state index in [1.54, 1.807) is 6.92 Å². The molecule has 0 radical (unpaired) electrons. The smallest absolute Gasteiger partial charge is 0.390 e. The van der Waals surface area contributed by atoms with Crippen LogP contribution in [0, 0.1) is 5.82 Å². The summed E-state index contributed by atoms with van der Waals surface area (Å²) in [7, 11) is -3.59. The van der Waals surface area contributed by atoms with Gasteiger partial charge in [-0.1, -0.05) is 11.6 Å². The number of aromatic nitrogens is 2. The van der Waals surface area contributed by atoms with E-state index in [-0.39, 0.29) is 40.2 Å². The number of rotatable bonds is 3. The average molecular weight is 458 g/mol. The van der Waals surface area contributed by atoms with Crippen molar-refractivity contribution in [3.8, 4) is 5.88 Å². The van der Waals surface area contributed by atoms with E-state index in [1.165, 1.54) is 32.2 Å². The number of nitrogens with two attached hydrogens (primary N) is 1. The Kier molecular flexibility index (Phi) is 5.54. The normalized spacial score (nSPS) is 22.6. The van der Waals surface area contributed by atoms with Crippen LogP contribution < -0.4 is 15.8 Å². The van der Waals surface area contributed by atoms with Crippen molar-refractivity contribution in [2.24, 2.45) is 10.7 Å². The number of carbonyl (C=O) groups excluding carboxylic acids is 1. The maximum atomic E-state index is 14.7. The molecule has 1 amide bonds. The van der Waals surface area contributed by atoms with E-state index in [9.17, 15) is 17.6 Å². The molecule has 0 spiro atoms. The summed E-state index contributed by atoms with van der Waals surface area (Å²) in [5.41, 5.74) is 5.06. The minimum atomic E-state index is -3.59. The molecule has 12 heteroatoms. The van der Waals surface area contributed by atoms with Gasteiger partial charge in [-0.3, -0.25) is 10.3 Å². The lowest BCUT2D eigenvalue weighted by Crippen LogP contribution is -2.45. The third kappa shape index (κ3) is 3.99. The number of carbonyl (C=O) groups is 1. The van der Waals surface area contributed by atoms with Crippen molar-refractivity contribution in [2.75, 3.05) is 11.1 Å². The number of ether oxygens (including phenoxy) is 1. The largest absolute Gasteiger partial charge is 0.418 e. The summed E-state index contributed by atoms with van der Waals surface area (Å²) >= 11 is 5.80. The van der Waals surface area contributed by atoms with Crippen LogP contribution in [0.1, 0.15) is 32.8 Å². The molecule has 1 aliphatic heterocycles. The molecule has 0 fully saturated rings. The van der Waals surface area contributed by atoms with Gasteiger partial charge in [0.05, 0.1) is 17.5 Å². The van der Waals surface area contributed by atoms with Gasteiger partial charge in [-0.05, 0) is 45.4 Å². The molecular formula is C18H21ClFN5O4S. The molecule has 162 valence electrons. The van der Waals surface area contributed by atoms with E-state index >= 15 is 0 Å². The van der Waals surface area contributed by atoms with Gasteiger partial charge in [0.25, 0.3) is 0 Å². The lowest BCUT2D eigenvalue weighted by atomic mass is 9.88. The summed E-state index contributed by atoms with van der Waals surface area (Å²) < 4.78 is 43.5. The van der Waals surface area contributed by atoms with Crippen molar-refractivity contribution >= 4 is 39.1 Å². The lowest BCUT2D eigenvalue weighted by molar-refractivity contribution is 0.213. The predicted octanol–water partition coefficient (Wildman–Crippen LogP) is 2.98. The van der Waals surface area contributed by atoms with E-state index in [4.69, 9.17) is 22.1 Å². The SMILES string of the molecule is CC1(C)C(N)=N[C@](C)(c2cc(NC(=O)Oc3[nH]ncc3Cl)ccc2F)CCS1(=O)=O. The summed E-state index contributed by atoms with van der Waals surface area (Å²) in [4.78, 5) is 16.5. The number of benzene rings is 1. The Morgan fingerprint density at radius 1 is 1.37 bits per heavy atom. The minimum Gasteiger partial charge on any atom is -0.390 e. The third-order valence-electron chi connectivity index (χ3n) is 5.17. The summed E-state index contributed by atoms with van der Waals surface area (Å²) in [5.74, 6) is -0.981. The first kappa shape index (κ1) is 22.0. The second-order valence-electron chi connectivity index (χ2n) is 7.61. The molecule has 0 saturated carbocycles. The van der Waals surface area contributed by atoms with Crippen molar-refractivity contribution in [3.05, 3.63) is 40.8 Å². The number of anilines is 1. The molecule has 1 atom stereocenters. The van der Waals surface area contributed by atoms with E-state index in [0.717, 1.165) is 6.07 Å². The highest BCUT2D eigenvalue weighted by molar-refractivity contribution is 7.93. The van der Waals surface area contributed by atoms with Crippen LogP contribution in [0.4, 0.5) is 14.9 Å². The van der Waals surface area contributed by atoms with Gasteiger partial charge in [0.2, 0.25) is 5.88 Å². The number of amidine groups is 1. The van der Waals surface area contributed by atoms with Crippen LogP contribution in [0.5, 0.6) is 5.88 Å². The topological polar surface area (TPSA) is 140 Å². The molecule has 0 bridgehead atoms. The van der Waals surface area contributed by atoms with Crippen LogP contribution in [-0.4, -0.2) is 41.0 Å². The van der Waals surface area contributed by atoms with Gasteiger partial charge in [0.15, 0.2) is 9.84 Å². The monoisotopic (exact) mass is 457 g/mol. The zero-order valence-electron chi connectivity index (χ0n) is 16.5. The van der Waals surface area contributed by atoms with Crippen molar-refractivity contribution in [1.29, 1.82) is 0 Å². The number of halogens is 2. The van der Waals surface area contributed by atoms with Crippen molar-refractivity contribution < 1.29 is 22.3 Å². The number of hydrogen-bond donors (Lipinski definition) is 3. The summed E-state index contributed by atoms with van der Waals surface area (Å²) in [6.45, 7) is 4.54. The van der Waals surface area contributed by atoms with Gasteiger partial charge < -0.3 is 10.5 Å². The molecule has 0 saturated heterocycles. The molecule has 1 aromatic heterocycles. The van der Waals surface area contributed by atoms with Crippen LogP contribution in [0.2, 0.25) is 5.02 Å². The van der Waals surface area contributed by atoms with Crippen LogP contribution >= 0.6 is 11.6 Å². The van der Waals surface area contributed by atoms with Crippen LogP contribution in [-0.2, 0) is 15.4 Å². The van der Waals surface area contributed by atoms with Crippen LogP contribution in [0.25, 0.3) is 0 Å². The third-order valence-corrected chi connectivity index (χ3v) is 7.94. The van der Waals surface area contributed by atoms with Crippen LogP contribution in [0.15, 0.2) is 29.4 Å². The number of sulfone groups is 1. The van der Waals surface area contributed by atoms with Gasteiger partial charge in [-0.2, -0.15) is 5.10 Å². The fourth-order valence-corrected chi connectivity index (χ4v) is 4.65. The Morgan fingerprint density at radius 2 is 2.07 bits per heavy atom. The number of nitrogens with zero attached hydrogens (tertiary/aromatic N) is 2. The van der Waals surface area contributed by atoms with Gasteiger partial charge in [0.1, 0.15) is 21.4 Å². The Morgan fingerprint density at radius 3 is 2.70 bits per heavy atom. The zero-order valence-corrected chi connectivity index (χ0v) is 18.1. The molecular weight excluding hydrogens is 437 g/mol. The second kappa shape index (κ2) is 7.55. The lowest BCUT2D eigenvalue weighted by Gasteiger charge is -2.26. The Hall–Kier alpha value is -2.66. The van der Waals surface area contributed by atoms with Crippen molar-refractivity contribution in [2.45, 2.75) is 37.5 Å². The summed E-state index contributed by atoms with van der Waals surface area (Å²) in [6, 6.07) is 3.85. The maximum Gasteiger partial charge on any atom is 0.418 e. The quantitative estimate of drug-likeness (QED) is 0.647. The summed E-state index contributed by atoms with van der Waals surface area (Å²) in [5, 5.41) is 8.62. The fourth-order valence-electron chi connectivity index (χ4n) is 2.98. The number of hydrogen-bond acceptors (Lipinski definition) is 7. The second-order valence-corrected chi connectivity index (χ2v) is 10.7. The molecule has 1 aliphatic rings. The van der Waals surface area contributed by atoms with Crippen molar-refractivity contribution in [3.63, 3.8) is 0 Å². The summed E-state index contributed by atoms with van der Waals surface area (Å²) in [6.07, 6.45) is 0.412. The number of H-pyrrole nitrogens is 1. The molecule has 2 heterocycles. The average Bonchev–Trinajstić information content (AvgIpc) is 3.03. The van der Waals surface area contributed by atoms with Crippen LogP contribution in [0.3, 0.4) is 0 Å². The molecule has 2 aromatic rings. The molecule has 4 N–H and O–H groups in total. The Bertz CT molecular complexity index is 1130. The van der Waals surface area contributed by atoms with E-state index < -0.39 is 32.0 Å². The Labute approximate surface area is 177 Å². The molecule has 9 nitrogen and oxygen atoms in total. The zero-order chi connectivity index (χ0) is 22.3. The first-order chi connectivity index (χ1) is 13.9. The highest BCUT2D eigenvalue weighted by Crippen LogP contribution is 2.38. The molecule has 0 aliphatic carbocycles. The standard InChI is InChI=1S/C18H21ClFN5O4S/c1-17(2)15(21)24-18(3,6-7-30(17,27)28)11-8-10(4-5-13(11)20)23-16(26)29-14-12(19)9-22-25-14/h4-5,8-9H,6-7H2,1-3H3,(H2,21,24)(H,22,25)(H,23,26)/t18-/m0/s1. The van der Waals surface area contributed by atoms with E-state index in [1.807, 2.05) is 0 Å². The van der Waals surface area contributed by atoms with E-state index in [0.29, 0.717) is 0 Å². The van der Waals surface area contributed by atoms with Crippen molar-refractivity contribution in [1.82, 2.24) is 10.2 Å². The highest BCUT2D eigenvalue weighted by Gasteiger charge is 2.45. The van der Waals surface area contributed by atoms with Gasteiger partial charge in [0, 0.05) is 11.3 Å². The van der Waals surface area contributed by atoms with Gasteiger partial charge in [-0.15, -0.1) is 0 Å². The van der Waals surface area contributed by atoms with E-state index in [2.05, 4.69) is 20.5 Å². The van der Waals surface area contributed by atoms with Gasteiger partial charge >= 0.3 is 6.09 Å². The maximum absolute atomic E-state index is 14.7. The molecule has 30 heavy (non-hydrogen) atoms. The molecule has 0 unspecified atom stereocenters. The first-order valence-electron chi connectivity index (χ1n) is 8.91. The highest BCUT2D eigenvalue weighted by atomic mass is 35.5. The van der Waals surface area contributed by atoms with Gasteiger partial charge in [-0.25, -0.2) is 22.7 Å². The number of nitrogens with one attached hydrogen (secondary N) is 2. The fraction of sp³-hybridized carbons (Fsp3) is 0.389. The molecule has 1 aromatic carbocycles. The predicted molar refractivity (Wildman–Crippen MR) is 111 cm³/mol. The Balaban J connectivity index is 1.92. The first-order valence-corrected chi connectivity index (χ1v) is 10.9. The molecule has 3 rings (SSSR count).